The van der Waals surface area contributed by atoms with Crippen molar-refractivity contribution in [2.45, 2.75) is 5.22 Å². The highest BCUT2D eigenvalue weighted by Gasteiger charge is 2.09. The van der Waals surface area contributed by atoms with E-state index in [1.807, 2.05) is 48.5 Å². The maximum absolute atomic E-state index is 11.9. The molecule has 0 atom stereocenters. The van der Waals surface area contributed by atoms with Crippen LogP contribution in [0.25, 0.3) is 11.1 Å². The van der Waals surface area contributed by atoms with Gasteiger partial charge in [0.1, 0.15) is 5.52 Å². The van der Waals surface area contributed by atoms with Crippen molar-refractivity contribution >= 4 is 50.4 Å². The van der Waals surface area contributed by atoms with Crippen molar-refractivity contribution in [2.24, 2.45) is 0 Å². The molecule has 0 saturated carbocycles. The first-order valence-electron chi connectivity index (χ1n) is 6.24. The molecule has 0 aliphatic heterocycles. The highest BCUT2D eigenvalue weighted by atomic mass is 79.9. The molecule has 0 aliphatic rings. The van der Waals surface area contributed by atoms with Gasteiger partial charge in [-0.15, -0.1) is 0 Å². The number of thioether (sulfide) groups is 1. The molecule has 0 aliphatic carbocycles. The molecule has 0 spiro atoms. The van der Waals surface area contributed by atoms with Gasteiger partial charge in [-0.3, -0.25) is 4.79 Å². The molecule has 0 unspecified atom stereocenters. The lowest BCUT2D eigenvalue weighted by Crippen LogP contribution is -2.13. The number of hydrogen-bond donors (Lipinski definition) is 1. The second-order valence-corrected chi connectivity index (χ2v) is 6.13. The maximum Gasteiger partial charge on any atom is 0.257 e. The van der Waals surface area contributed by atoms with Crippen LogP contribution in [0, 0.1) is 0 Å². The van der Waals surface area contributed by atoms with E-state index in [0.717, 1.165) is 21.3 Å². The van der Waals surface area contributed by atoms with Crippen LogP contribution in [0.15, 0.2) is 62.6 Å². The second-order valence-electron chi connectivity index (χ2n) is 4.29. The summed E-state index contributed by atoms with van der Waals surface area (Å²) in [5.41, 5.74) is 2.29. The fraction of sp³-hybridized carbons (Fsp3) is 0.0667. The van der Waals surface area contributed by atoms with Crippen molar-refractivity contribution in [1.82, 2.24) is 4.98 Å². The number of halogens is 1. The zero-order chi connectivity index (χ0) is 14.7. The Morgan fingerprint density at radius 2 is 1.95 bits per heavy atom. The zero-order valence-electron chi connectivity index (χ0n) is 10.9. The highest BCUT2D eigenvalue weighted by molar-refractivity contribution is 9.10. The average Bonchev–Trinajstić information content (AvgIpc) is 2.90. The van der Waals surface area contributed by atoms with Gasteiger partial charge in [-0.05, 0) is 36.4 Å². The summed E-state index contributed by atoms with van der Waals surface area (Å²) in [7, 11) is 0. The molecule has 1 N–H and O–H groups in total. The molecule has 6 heteroatoms. The Kier molecular flexibility index (Phi) is 4.26. The Bertz CT molecular complexity index is 738. The summed E-state index contributed by atoms with van der Waals surface area (Å²) >= 11 is 4.63. The zero-order valence-corrected chi connectivity index (χ0v) is 13.3. The number of anilines is 1. The Morgan fingerprint density at radius 1 is 1.19 bits per heavy atom. The van der Waals surface area contributed by atoms with Crippen LogP contribution in [0.1, 0.15) is 0 Å². The lowest BCUT2D eigenvalue weighted by molar-refractivity contribution is -0.113. The number of fused-ring (bicyclic) bond motifs is 1. The van der Waals surface area contributed by atoms with Crippen LogP contribution < -0.4 is 5.32 Å². The molecule has 0 fully saturated rings. The predicted molar refractivity (Wildman–Crippen MR) is 87.5 cm³/mol. The second kappa shape index (κ2) is 6.32. The molecule has 3 rings (SSSR count). The highest BCUT2D eigenvalue weighted by Crippen LogP contribution is 2.23. The Morgan fingerprint density at radius 3 is 2.71 bits per heavy atom. The SMILES string of the molecule is O=C(CSc1nc2ccccc2o1)Nc1ccc(Br)cc1. The minimum absolute atomic E-state index is 0.0930. The van der Waals surface area contributed by atoms with Gasteiger partial charge in [0, 0.05) is 10.2 Å². The van der Waals surface area contributed by atoms with Gasteiger partial charge < -0.3 is 9.73 Å². The summed E-state index contributed by atoms with van der Waals surface area (Å²) < 4.78 is 6.52. The maximum atomic E-state index is 11.9. The number of carbonyl (C=O) groups is 1. The summed E-state index contributed by atoms with van der Waals surface area (Å²) in [6.45, 7) is 0. The third-order valence-corrected chi connectivity index (χ3v) is 4.09. The van der Waals surface area contributed by atoms with Crippen LogP contribution in [0.3, 0.4) is 0 Å². The number of hydrogen-bond acceptors (Lipinski definition) is 4. The number of amides is 1. The van der Waals surface area contributed by atoms with Gasteiger partial charge in [-0.25, -0.2) is 4.98 Å². The molecule has 0 radical (unpaired) electrons. The monoisotopic (exact) mass is 362 g/mol. The number of para-hydroxylation sites is 2. The van der Waals surface area contributed by atoms with Crippen molar-refractivity contribution in [3.63, 3.8) is 0 Å². The number of carbonyl (C=O) groups excluding carboxylic acids is 1. The van der Waals surface area contributed by atoms with Crippen LogP contribution >= 0.6 is 27.7 Å². The standard InChI is InChI=1S/C15H11BrN2O2S/c16-10-5-7-11(8-6-10)17-14(19)9-21-15-18-12-3-1-2-4-13(12)20-15/h1-8H,9H2,(H,17,19). The van der Waals surface area contributed by atoms with Crippen molar-refractivity contribution < 1.29 is 9.21 Å². The first-order chi connectivity index (χ1) is 10.2. The number of rotatable bonds is 4. The molecule has 1 aromatic heterocycles. The average molecular weight is 363 g/mol. The summed E-state index contributed by atoms with van der Waals surface area (Å²) in [6, 6.07) is 15.0. The van der Waals surface area contributed by atoms with E-state index in [9.17, 15) is 4.79 Å². The Labute approximate surface area is 134 Å². The van der Waals surface area contributed by atoms with Gasteiger partial charge in [0.05, 0.1) is 5.75 Å². The lowest BCUT2D eigenvalue weighted by Gasteiger charge is -2.03. The molecule has 0 saturated heterocycles. The van der Waals surface area contributed by atoms with E-state index < -0.39 is 0 Å². The first-order valence-corrected chi connectivity index (χ1v) is 8.02. The van der Waals surface area contributed by atoms with E-state index in [0.29, 0.717) is 5.22 Å². The van der Waals surface area contributed by atoms with Gasteiger partial charge in [-0.2, -0.15) is 0 Å². The largest absolute Gasteiger partial charge is 0.431 e. The summed E-state index contributed by atoms with van der Waals surface area (Å²) in [5.74, 6) is 0.160. The van der Waals surface area contributed by atoms with Gasteiger partial charge >= 0.3 is 0 Å². The van der Waals surface area contributed by atoms with Crippen LogP contribution in [0.2, 0.25) is 0 Å². The Balaban J connectivity index is 1.59. The fourth-order valence-electron chi connectivity index (χ4n) is 1.77. The molecule has 1 amide bonds. The van der Waals surface area contributed by atoms with Crippen molar-refractivity contribution in [3.05, 3.63) is 53.0 Å². The van der Waals surface area contributed by atoms with E-state index in [1.54, 1.807) is 0 Å². The van der Waals surface area contributed by atoms with Gasteiger partial charge in [0.2, 0.25) is 5.91 Å². The molecule has 21 heavy (non-hydrogen) atoms. The normalized spacial score (nSPS) is 10.7. The van der Waals surface area contributed by atoms with Crippen molar-refractivity contribution in [2.75, 3.05) is 11.1 Å². The number of nitrogens with zero attached hydrogens (tertiary/aromatic N) is 1. The number of aromatic nitrogens is 1. The minimum Gasteiger partial charge on any atom is -0.431 e. The molecule has 4 nitrogen and oxygen atoms in total. The lowest BCUT2D eigenvalue weighted by atomic mass is 10.3. The van der Waals surface area contributed by atoms with E-state index in [1.165, 1.54) is 11.8 Å². The number of oxazole rings is 1. The fourth-order valence-corrected chi connectivity index (χ4v) is 2.67. The summed E-state index contributed by atoms with van der Waals surface area (Å²) in [5, 5.41) is 3.33. The Hall–Kier alpha value is -1.79. The summed E-state index contributed by atoms with van der Waals surface area (Å²) in [4.78, 5) is 16.2. The topological polar surface area (TPSA) is 55.1 Å². The molecule has 0 bridgehead atoms. The van der Waals surface area contributed by atoms with Crippen LogP contribution in [0.5, 0.6) is 0 Å². The molecular formula is C15H11BrN2O2S. The molecule has 2 aromatic carbocycles. The third-order valence-electron chi connectivity index (χ3n) is 2.73. The first kappa shape index (κ1) is 14.2. The van der Waals surface area contributed by atoms with Gasteiger partial charge in [0.15, 0.2) is 5.58 Å². The van der Waals surface area contributed by atoms with Crippen LogP contribution in [0.4, 0.5) is 5.69 Å². The van der Waals surface area contributed by atoms with Crippen molar-refractivity contribution in [3.8, 4) is 0 Å². The van der Waals surface area contributed by atoms with E-state index in [2.05, 4.69) is 26.2 Å². The van der Waals surface area contributed by atoms with Crippen LogP contribution in [-0.4, -0.2) is 16.6 Å². The molecule has 3 aromatic rings. The molecular weight excluding hydrogens is 352 g/mol. The number of benzene rings is 2. The summed E-state index contributed by atoms with van der Waals surface area (Å²) in [6.07, 6.45) is 0. The van der Waals surface area contributed by atoms with Crippen LogP contribution in [-0.2, 0) is 4.79 Å². The van der Waals surface area contributed by atoms with Gasteiger partial charge in [-0.1, -0.05) is 39.8 Å². The number of nitrogens with one attached hydrogen (secondary N) is 1. The predicted octanol–water partition coefficient (Wildman–Crippen LogP) is 4.32. The third kappa shape index (κ3) is 3.65. The van der Waals surface area contributed by atoms with E-state index in [4.69, 9.17) is 4.42 Å². The van der Waals surface area contributed by atoms with Crippen molar-refractivity contribution in [1.29, 1.82) is 0 Å². The quantitative estimate of drug-likeness (QED) is 0.702. The van der Waals surface area contributed by atoms with E-state index >= 15 is 0 Å². The molecule has 106 valence electrons. The molecule has 1 heterocycles. The minimum atomic E-state index is -0.0930. The smallest absolute Gasteiger partial charge is 0.257 e. The van der Waals surface area contributed by atoms with Gasteiger partial charge in [0.25, 0.3) is 5.22 Å². The van der Waals surface area contributed by atoms with E-state index in [-0.39, 0.29) is 11.7 Å².